The first-order valence-corrected chi connectivity index (χ1v) is 8.75. The predicted molar refractivity (Wildman–Crippen MR) is 100 cm³/mol. The van der Waals surface area contributed by atoms with Crippen molar-refractivity contribution in [1.82, 2.24) is 15.1 Å². The van der Waals surface area contributed by atoms with E-state index < -0.39 is 0 Å². The molecule has 2 heterocycles. The molecule has 1 amide bonds. The Hall–Kier alpha value is -3.08. The first-order chi connectivity index (χ1) is 12.6. The Balaban J connectivity index is 1.51. The largest absolute Gasteiger partial charge is 0.488 e. The lowest BCUT2D eigenvalue weighted by Gasteiger charge is -2.18. The van der Waals surface area contributed by atoms with Gasteiger partial charge in [-0.25, -0.2) is 0 Å². The Labute approximate surface area is 152 Å². The second-order valence-electron chi connectivity index (χ2n) is 6.58. The SMILES string of the molecule is Cc1cccc(CCNC(=O)c2nn(C)c3c2COc2ccccc2-3)c1. The highest BCUT2D eigenvalue weighted by Gasteiger charge is 2.27. The third-order valence-corrected chi connectivity index (χ3v) is 4.66. The van der Waals surface area contributed by atoms with Crippen molar-refractivity contribution in [2.45, 2.75) is 20.0 Å². The van der Waals surface area contributed by atoms with Gasteiger partial charge in [-0.2, -0.15) is 5.10 Å². The number of ether oxygens (including phenoxy) is 1. The molecule has 1 N–H and O–H groups in total. The van der Waals surface area contributed by atoms with Gasteiger partial charge in [-0.3, -0.25) is 9.48 Å². The van der Waals surface area contributed by atoms with E-state index in [9.17, 15) is 4.79 Å². The monoisotopic (exact) mass is 347 g/mol. The van der Waals surface area contributed by atoms with Crippen LogP contribution in [0.2, 0.25) is 0 Å². The summed E-state index contributed by atoms with van der Waals surface area (Å²) in [6.07, 6.45) is 0.793. The van der Waals surface area contributed by atoms with Crippen LogP contribution in [0.25, 0.3) is 11.3 Å². The maximum absolute atomic E-state index is 12.7. The molecule has 2 aromatic carbocycles. The molecule has 1 aromatic heterocycles. The molecule has 1 aliphatic heterocycles. The summed E-state index contributed by atoms with van der Waals surface area (Å²) in [5.74, 6) is 0.673. The molecule has 5 nitrogen and oxygen atoms in total. The van der Waals surface area contributed by atoms with E-state index in [1.165, 1.54) is 11.1 Å². The highest BCUT2D eigenvalue weighted by atomic mass is 16.5. The topological polar surface area (TPSA) is 56.2 Å². The van der Waals surface area contributed by atoms with Gasteiger partial charge in [0.05, 0.1) is 5.69 Å². The number of nitrogens with one attached hydrogen (secondary N) is 1. The van der Waals surface area contributed by atoms with E-state index >= 15 is 0 Å². The van der Waals surface area contributed by atoms with E-state index in [0.717, 1.165) is 29.0 Å². The smallest absolute Gasteiger partial charge is 0.272 e. The molecule has 5 heteroatoms. The molecule has 0 aliphatic carbocycles. The van der Waals surface area contributed by atoms with E-state index in [1.54, 1.807) is 4.68 Å². The molecule has 0 unspecified atom stereocenters. The van der Waals surface area contributed by atoms with Crippen molar-refractivity contribution in [2.75, 3.05) is 6.54 Å². The van der Waals surface area contributed by atoms with E-state index in [0.29, 0.717) is 18.8 Å². The highest BCUT2D eigenvalue weighted by Crippen LogP contribution is 2.38. The number of aryl methyl sites for hydroxylation is 2. The van der Waals surface area contributed by atoms with Crippen molar-refractivity contribution in [2.24, 2.45) is 7.05 Å². The molecule has 0 saturated heterocycles. The average molecular weight is 347 g/mol. The Bertz CT molecular complexity index is 975. The summed E-state index contributed by atoms with van der Waals surface area (Å²) in [5, 5.41) is 7.44. The van der Waals surface area contributed by atoms with Crippen molar-refractivity contribution >= 4 is 5.91 Å². The van der Waals surface area contributed by atoms with E-state index in [4.69, 9.17) is 4.74 Å². The van der Waals surface area contributed by atoms with Gasteiger partial charge in [-0.05, 0) is 31.0 Å². The molecule has 0 fully saturated rings. The lowest BCUT2D eigenvalue weighted by atomic mass is 10.0. The van der Waals surface area contributed by atoms with Crippen LogP contribution in [0.15, 0.2) is 48.5 Å². The lowest BCUT2D eigenvalue weighted by Crippen LogP contribution is -2.27. The van der Waals surface area contributed by atoms with Gasteiger partial charge >= 0.3 is 0 Å². The number of rotatable bonds is 4. The fourth-order valence-corrected chi connectivity index (χ4v) is 3.43. The molecule has 3 aromatic rings. The summed E-state index contributed by atoms with van der Waals surface area (Å²) in [4.78, 5) is 12.7. The van der Waals surface area contributed by atoms with Crippen molar-refractivity contribution < 1.29 is 9.53 Å². The van der Waals surface area contributed by atoms with Crippen LogP contribution in [0.4, 0.5) is 0 Å². The summed E-state index contributed by atoms with van der Waals surface area (Å²) in [6.45, 7) is 3.01. The molecule has 0 atom stereocenters. The molecule has 132 valence electrons. The van der Waals surface area contributed by atoms with Crippen LogP contribution in [0.3, 0.4) is 0 Å². The predicted octanol–water partition coefficient (Wildman–Crippen LogP) is 3.26. The van der Waals surface area contributed by atoms with Crippen LogP contribution in [0.5, 0.6) is 5.75 Å². The number of hydrogen-bond acceptors (Lipinski definition) is 3. The van der Waals surface area contributed by atoms with Crippen LogP contribution in [-0.2, 0) is 20.1 Å². The zero-order valence-corrected chi connectivity index (χ0v) is 15.0. The first-order valence-electron chi connectivity index (χ1n) is 8.75. The van der Waals surface area contributed by atoms with Gasteiger partial charge in [0.2, 0.25) is 0 Å². The lowest BCUT2D eigenvalue weighted by molar-refractivity contribution is 0.0946. The Morgan fingerprint density at radius 2 is 2.08 bits per heavy atom. The number of nitrogens with zero attached hydrogens (tertiary/aromatic N) is 2. The second-order valence-corrected chi connectivity index (χ2v) is 6.58. The number of para-hydroxylation sites is 1. The molecule has 1 aliphatic rings. The summed E-state index contributed by atoms with van der Waals surface area (Å²) < 4.78 is 7.58. The van der Waals surface area contributed by atoms with Gasteiger partial charge in [0, 0.05) is 24.7 Å². The Kier molecular flexibility index (Phi) is 4.21. The average Bonchev–Trinajstić information content (AvgIpc) is 2.99. The molecule has 0 radical (unpaired) electrons. The zero-order chi connectivity index (χ0) is 18.1. The maximum Gasteiger partial charge on any atom is 0.272 e. The number of amides is 1. The number of aromatic nitrogens is 2. The Morgan fingerprint density at radius 1 is 1.23 bits per heavy atom. The molecule has 0 spiro atoms. The number of benzene rings is 2. The second kappa shape index (κ2) is 6.67. The Morgan fingerprint density at radius 3 is 2.92 bits per heavy atom. The van der Waals surface area contributed by atoms with Crippen LogP contribution in [-0.4, -0.2) is 22.2 Å². The van der Waals surface area contributed by atoms with Gasteiger partial charge < -0.3 is 10.1 Å². The molecule has 4 rings (SSSR count). The van der Waals surface area contributed by atoms with E-state index in [1.807, 2.05) is 37.4 Å². The highest BCUT2D eigenvalue weighted by molar-refractivity contribution is 5.96. The molecular formula is C21H21N3O2. The molecule has 26 heavy (non-hydrogen) atoms. The standard InChI is InChI=1S/C21H21N3O2/c1-14-6-5-7-15(12-14)10-11-22-21(25)19-17-13-26-18-9-4-3-8-16(18)20(17)24(2)23-19/h3-9,12H,10-11,13H2,1-2H3,(H,22,25). The van der Waals surface area contributed by atoms with Crippen LogP contribution in [0.1, 0.15) is 27.2 Å². The summed E-state index contributed by atoms with van der Waals surface area (Å²) in [6, 6.07) is 16.2. The van der Waals surface area contributed by atoms with Crippen LogP contribution in [0, 0.1) is 6.92 Å². The first kappa shape index (κ1) is 16.4. The van der Waals surface area contributed by atoms with Crippen molar-refractivity contribution in [3.63, 3.8) is 0 Å². The van der Waals surface area contributed by atoms with Gasteiger partial charge in [-0.1, -0.05) is 42.0 Å². The van der Waals surface area contributed by atoms with Gasteiger partial charge in [0.15, 0.2) is 5.69 Å². The van der Waals surface area contributed by atoms with Crippen LogP contribution >= 0.6 is 0 Å². The van der Waals surface area contributed by atoms with Crippen molar-refractivity contribution in [3.8, 4) is 17.0 Å². The third kappa shape index (κ3) is 2.96. The number of fused-ring (bicyclic) bond motifs is 3. The molecular weight excluding hydrogens is 326 g/mol. The maximum atomic E-state index is 12.7. The van der Waals surface area contributed by atoms with Gasteiger partial charge in [-0.15, -0.1) is 0 Å². The van der Waals surface area contributed by atoms with Crippen molar-refractivity contribution in [3.05, 3.63) is 70.9 Å². The van der Waals surface area contributed by atoms with Gasteiger partial charge in [0.25, 0.3) is 5.91 Å². The normalized spacial score (nSPS) is 12.1. The summed E-state index contributed by atoms with van der Waals surface area (Å²) in [5.41, 5.74) is 5.66. The fraction of sp³-hybridized carbons (Fsp3) is 0.238. The number of carbonyl (C=O) groups excluding carboxylic acids is 1. The van der Waals surface area contributed by atoms with Crippen LogP contribution < -0.4 is 10.1 Å². The minimum atomic E-state index is -0.155. The zero-order valence-electron chi connectivity index (χ0n) is 15.0. The minimum absolute atomic E-state index is 0.155. The number of carbonyl (C=O) groups is 1. The van der Waals surface area contributed by atoms with Crippen molar-refractivity contribution in [1.29, 1.82) is 0 Å². The minimum Gasteiger partial charge on any atom is -0.488 e. The van der Waals surface area contributed by atoms with Gasteiger partial charge in [0.1, 0.15) is 12.4 Å². The summed E-state index contributed by atoms with van der Waals surface area (Å²) in [7, 11) is 1.87. The molecule has 0 saturated carbocycles. The summed E-state index contributed by atoms with van der Waals surface area (Å²) >= 11 is 0. The van der Waals surface area contributed by atoms with E-state index in [2.05, 4.69) is 35.5 Å². The fourth-order valence-electron chi connectivity index (χ4n) is 3.43. The number of hydrogen-bond donors (Lipinski definition) is 1. The van der Waals surface area contributed by atoms with E-state index in [-0.39, 0.29) is 5.91 Å². The third-order valence-electron chi connectivity index (χ3n) is 4.66. The molecule has 0 bridgehead atoms. The quantitative estimate of drug-likeness (QED) is 0.788.